The van der Waals surface area contributed by atoms with Crippen LogP contribution < -0.4 is 10.6 Å². The Morgan fingerprint density at radius 3 is 2.23 bits per heavy atom. The van der Waals surface area contributed by atoms with Crippen molar-refractivity contribution in [3.05, 3.63) is 28.8 Å². The van der Waals surface area contributed by atoms with E-state index in [0.29, 0.717) is 37.4 Å². The Bertz CT molecular complexity index is 715. The number of benzene rings is 1. The van der Waals surface area contributed by atoms with Gasteiger partial charge in [-0.2, -0.15) is 4.31 Å². The molecule has 1 fully saturated rings. The third-order valence-corrected chi connectivity index (χ3v) is 7.13. The Labute approximate surface area is 157 Å². The van der Waals surface area contributed by atoms with Gasteiger partial charge in [-0.05, 0) is 64.8 Å². The first-order valence-electron chi connectivity index (χ1n) is 9.27. The summed E-state index contributed by atoms with van der Waals surface area (Å²) in [6, 6.07) is 3.82. The van der Waals surface area contributed by atoms with Crippen molar-refractivity contribution < 1.29 is 13.2 Å². The van der Waals surface area contributed by atoms with E-state index in [2.05, 4.69) is 10.6 Å². The molecule has 6 nitrogen and oxygen atoms in total. The maximum atomic E-state index is 13.1. The summed E-state index contributed by atoms with van der Waals surface area (Å²) in [5.74, 6) is -0.0582. The molecule has 0 aromatic heterocycles. The largest absolute Gasteiger partial charge is 0.356 e. The predicted octanol–water partition coefficient (Wildman–Crippen LogP) is 1.74. The van der Waals surface area contributed by atoms with Crippen LogP contribution in [0.2, 0.25) is 0 Å². The minimum atomic E-state index is -3.52. The maximum absolute atomic E-state index is 13.1. The van der Waals surface area contributed by atoms with E-state index in [4.69, 9.17) is 0 Å². The van der Waals surface area contributed by atoms with Gasteiger partial charge in [0.05, 0.1) is 4.90 Å². The van der Waals surface area contributed by atoms with Gasteiger partial charge < -0.3 is 10.6 Å². The lowest BCUT2D eigenvalue weighted by Gasteiger charge is -2.31. The molecule has 0 unspecified atom stereocenters. The summed E-state index contributed by atoms with van der Waals surface area (Å²) in [5.41, 5.74) is 2.63. The second kappa shape index (κ2) is 8.97. The number of nitrogens with one attached hydrogen (secondary N) is 2. The quantitative estimate of drug-likeness (QED) is 0.705. The number of aryl methyl sites for hydroxylation is 3. The predicted molar refractivity (Wildman–Crippen MR) is 104 cm³/mol. The number of hydrogen-bond donors (Lipinski definition) is 2. The lowest BCUT2D eigenvalue weighted by Crippen LogP contribution is -2.43. The van der Waals surface area contributed by atoms with Crippen molar-refractivity contribution in [1.29, 1.82) is 0 Å². The second-order valence-electron chi connectivity index (χ2n) is 7.15. The van der Waals surface area contributed by atoms with E-state index < -0.39 is 10.0 Å². The van der Waals surface area contributed by atoms with E-state index in [1.807, 2.05) is 40.0 Å². The van der Waals surface area contributed by atoms with Crippen LogP contribution >= 0.6 is 0 Å². The molecule has 1 aliphatic rings. The van der Waals surface area contributed by atoms with Gasteiger partial charge in [0.2, 0.25) is 15.9 Å². The number of nitrogens with zero attached hydrogens (tertiary/aromatic N) is 1. The lowest BCUT2D eigenvalue weighted by molar-refractivity contribution is -0.126. The highest BCUT2D eigenvalue weighted by atomic mass is 32.2. The average Bonchev–Trinajstić information content (AvgIpc) is 2.57. The number of rotatable bonds is 7. The Morgan fingerprint density at radius 1 is 1.12 bits per heavy atom. The van der Waals surface area contributed by atoms with E-state index >= 15 is 0 Å². The first kappa shape index (κ1) is 20.9. The zero-order chi connectivity index (χ0) is 19.3. The van der Waals surface area contributed by atoms with Crippen LogP contribution in [0.5, 0.6) is 0 Å². The average molecular weight is 382 g/mol. The minimum absolute atomic E-state index is 0.0425. The molecule has 0 bridgehead atoms. The lowest BCUT2D eigenvalue weighted by atomic mass is 9.97. The topological polar surface area (TPSA) is 78.5 Å². The van der Waals surface area contributed by atoms with Gasteiger partial charge >= 0.3 is 0 Å². The van der Waals surface area contributed by atoms with Crippen molar-refractivity contribution in [2.45, 2.75) is 44.9 Å². The molecule has 0 aliphatic carbocycles. The molecule has 146 valence electrons. The third kappa shape index (κ3) is 4.84. The zero-order valence-electron chi connectivity index (χ0n) is 16.3. The first-order valence-corrected chi connectivity index (χ1v) is 10.7. The molecular weight excluding hydrogens is 350 g/mol. The second-order valence-corrected chi connectivity index (χ2v) is 9.03. The van der Waals surface area contributed by atoms with Crippen molar-refractivity contribution in [2.24, 2.45) is 5.92 Å². The van der Waals surface area contributed by atoms with Gasteiger partial charge in [-0.1, -0.05) is 17.7 Å². The van der Waals surface area contributed by atoms with Crippen LogP contribution in [-0.2, 0) is 14.8 Å². The number of hydrogen-bond acceptors (Lipinski definition) is 4. The Morgan fingerprint density at radius 2 is 1.69 bits per heavy atom. The number of carbonyl (C=O) groups is 1. The van der Waals surface area contributed by atoms with Crippen molar-refractivity contribution in [3.8, 4) is 0 Å². The Hall–Kier alpha value is -1.44. The van der Waals surface area contributed by atoms with Gasteiger partial charge in [0.15, 0.2) is 0 Å². The highest BCUT2D eigenvalue weighted by Crippen LogP contribution is 2.28. The summed E-state index contributed by atoms with van der Waals surface area (Å²) in [4.78, 5) is 12.6. The minimum Gasteiger partial charge on any atom is -0.356 e. The highest BCUT2D eigenvalue weighted by molar-refractivity contribution is 7.89. The molecule has 1 aromatic rings. The maximum Gasteiger partial charge on any atom is 0.243 e. The van der Waals surface area contributed by atoms with Gasteiger partial charge in [-0.3, -0.25) is 4.79 Å². The molecule has 7 heteroatoms. The van der Waals surface area contributed by atoms with E-state index in [1.54, 1.807) is 0 Å². The summed E-state index contributed by atoms with van der Waals surface area (Å²) in [6.07, 6.45) is 2.03. The van der Waals surface area contributed by atoms with E-state index in [-0.39, 0.29) is 11.8 Å². The smallest absolute Gasteiger partial charge is 0.243 e. The number of sulfonamides is 1. The number of carbonyl (C=O) groups excluding carboxylic acids is 1. The molecule has 0 atom stereocenters. The molecule has 1 aliphatic heterocycles. The standard InChI is InChI=1S/C19H31N3O3S/c1-14-12-15(2)18(16(3)13-14)26(24,25)22-10-6-17(7-11-22)19(23)21-9-5-8-20-4/h12-13,17,20H,5-11H2,1-4H3,(H,21,23). The van der Waals surface area contributed by atoms with Gasteiger partial charge in [0.25, 0.3) is 0 Å². The molecule has 2 N–H and O–H groups in total. The van der Waals surface area contributed by atoms with Crippen LogP contribution in [0.4, 0.5) is 0 Å². The molecule has 1 saturated heterocycles. The summed E-state index contributed by atoms with van der Waals surface area (Å²) in [7, 11) is -1.64. The zero-order valence-corrected chi connectivity index (χ0v) is 17.1. The highest BCUT2D eigenvalue weighted by Gasteiger charge is 2.33. The Balaban J connectivity index is 2.00. The molecule has 1 aromatic carbocycles. The number of amides is 1. The summed E-state index contributed by atoms with van der Waals surface area (Å²) < 4.78 is 27.7. The van der Waals surface area contributed by atoms with Crippen LogP contribution in [0.3, 0.4) is 0 Å². The van der Waals surface area contributed by atoms with Gasteiger partial charge in [-0.15, -0.1) is 0 Å². The SMILES string of the molecule is CNCCCNC(=O)C1CCN(S(=O)(=O)c2c(C)cc(C)cc2C)CC1. The van der Waals surface area contributed by atoms with Crippen LogP contribution in [0.15, 0.2) is 17.0 Å². The molecule has 1 heterocycles. The fourth-order valence-corrected chi connectivity index (χ4v) is 5.56. The molecule has 0 spiro atoms. The molecule has 1 amide bonds. The third-order valence-electron chi connectivity index (χ3n) is 4.93. The van der Waals surface area contributed by atoms with Crippen molar-refractivity contribution >= 4 is 15.9 Å². The monoisotopic (exact) mass is 381 g/mol. The number of piperidine rings is 1. The van der Waals surface area contributed by atoms with Gasteiger partial charge in [0.1, 0.15) is 0 Å². The van der Waals surface area contributed by atoms with Crippen molar-refractivity contribution in [1.82, 2.24) is 14.9 Å². The molecule has 0 radical (unpaired) electrons. The van der Waals surface area contributed by atoms with Crippen LogP contribution in [0.1, 0.15) is 36.0 Å². The summed E-state index contributed by atoms with van der Waals surface area (Å²) in [5, 5.41) is 6.00. The van der Waals surface area contributed by atoms with E-state index in [0.717, 1.165) is 29.7 Å². The fourth-order valence-electron chi connectivity index (χ4n) is 3.68. The molecule has 26 heavy (non-hydrogen) atoms. The van der Waals surface area contributed by atoms with Gasteiger partial charge in [-0.25, -0.2) is 8.42 Å². The van der Waals surface area contributed by atoms with Gasteiger partial charge in [0, 0.05) is 25.6 Å². The van der Waals surface area contributed by atoms with E-state index in [1.165, 1.54) is 4.31 Å². The van der Waals surface area contributed by atoms with Crippen LogP contribution in [0, 0.1) is 26.7 Å². The van der Waals surface area contributed by atoms with Crippen molar-refractivity contribution in [3.63, 3.8) is 0 Å². The normalized spacial score (nSPS) is 16.6. The van der Waals surface area contributed by atoms with E-state index in [9.17, 15) is 13.2 Å². The molecular formula is C19H31N3O3S. The van der Waals surface area contributed by atoms with Crippen LogP contribution in [0.25, 0.3) is 0 Å². The molecule has 0 saturated carbocycles. The fraction of sp³-hybridized carbons (Fsp3) is 0.632. The molecule has 2 rings (SSSR count). The summed E-state index contributed by atoms with van der Waals surface area (Å²) in [6.45, 7) is 7.97. The first-order chi connectivity index (χ1) is 12.3. The van der Waals surface area contributed by atoms with Crippen LogP contribution in [-0.4, -0.2) is 51.9 Å². The summed E-state index contributed by atoms with van der Waals surface area (Å²) >= 11 is 0. The Kier molecular flexibility index (Phi) is 7.20. The van der Waals surface area contributed by atoms with Crippen molar-refractivity contribution in [2.75, 3.05) is 33.2 Å².